The fraction of sp³-hybridized carbons (Fsp3) is 0.929. The number of guanidine groups is 1. The van der Waals surface area contributed by atoms with Gasteiger partial charge in [-0.05, 0) is 25.8 Å². The standard InChI is InChI=1S/C14H29N5/c1-2-17-10-12-18(13-11-17)9-6-16-14(15)19-7-4-3-5-8-19/h2-13H2,1H3,(H2,15,16). The van der Waals surface area contributed by atoms with Gasteiger partial charge < -0.3 is 15.5 Å². The number of nitrogens with zero attached hydrogens (tertiary/aromatic N) is 4. The molecule has 19 heavy (non-hydrogen) atoms. The quantitative estimate of drug-likeness (QED) is 0.592. The monoisotopic (exact) mass is 267 g/mol. The molecule has 2 aliphatic rings. The third kappa shape index (κ3) is 4.66. The van der Waals surface area contributed by atoms with Crippen molar-refractivity contribution >= 4 is 5.96 Å². The van der Waals surface area contributed by atoms with Crippen molar-refractivity contribution in [3.8, 4) is 0 Å². The van der Waals surface area contributed by atoms with Crippen LogP contribution in [-0.4, -0.2) is 79.6 Å². The van der Waals surface area contributed by atoms with Gasteiger partial charge >= 0.3 is 0 Å². The predicted molar refractivity (Wildman–Crippen MR) is 80.5 cm³/mol. The van der Waals surface area contributed by atoms with Crippen LogP contribution in [-0.2, 0) is 0 Å². The van der Waals surface area contributed by atoms with Crippen molar-refractivity contribution in [2.24, 2.45) is 10.7 Å². The van der Waals surface area contributed by atoms with E-state index in [1.807, 2.05) is 0 Å². The summed E-state index contributed by atoms with van der Waals surface area (Å²) in [6.07, 6.45) is 3.86. The molecule has 2 saturated heterocycles. The van der Waals surface area contributed by atoms with Crippen LogP contribution in [0.4, 0.5) is 0 Å². The molecular formula is C14H29N5. The van der Waals surface area contributed by atoms with Gasteiger partial charge in [0.25, 0.3) is 0 Å². The highest BCUT2D eigenvalue weighted by Crippen LogP contribution is 2.08. The Bertz CT molecular complexity index is 278. The normalized spacial score (nSPS) is 23.8. The Hall–Kier alpha value is -0.810. The first-order valence-electron chi connectivity index (χ1n) is 7.79. The van der Waals surface area contributed by atoms with Gasteiger partial charge in [-0.3, -0.25) is 9.89 Å². The van der Waals surface area contributed by atoms with Gasteiger partial charge in [0.15, 0.2) is 5.96 Å². The molecule has 0 atom stereocenters. The number of hydrogen-bond donors (Lipinski definition) is 1. The minimum atomic E-state index is 0.756. The molecule has 0 amide bonds. The molecule has 2 N–H and O–H groups in total. The lowest BCUT2D eigenvalue weighted by atomic mass is 10.1. The fourth-order valence-electron chi connectivity index (χ4n) is 2.86. The summed E-state index contributed by atoms with van der Waals surface area (Å²) in [6.45, 7) is 12.2. The number of hydrogen-bond acceptors (Lipinski definition) is 3. The van der Waals surface area contributed by atoms with Gasteiger partial charge in [-0.1, -0.05) is 6.92 Å². The van der Waals surface area contributed by atoms with Gasteiger partial charge in [0.1, 0.15) is 0 Å². The van der Waals surface area contributed by atoms with Crippen LogP contribution >= 0.6 is 0 Å². The topological polar surface area (TPSA) is 48.1 Å². The first kappa shape index (κ1) is 14.6. The Morgan fingerprint density at radius 3 is 2.21 bits per heavy atom. The fourth-order valence-corrected chi connectivity index (χ4v) is 2.86. The summed E-state index contributed by atoms with van der Waals surface area (Å²) in [5.74, 6) is 0.756. The van der Waals surface area contributed by atoms with Gasteiger partial charge in [-0.25, -0.2) is 0 Å². The highest BCUT2D eigenvalue weighted by molar-refractivity contribution is 5.78. The van der Waals surface area contributed by atoms with Gasteiger partial charge in [0.05, 0.1) is 6.54 Å². The zero-order chi connectivity index (χ0) is 13.5. The van der Waals surface area contributed by atoms with Crippen molar-refractivity contribution in [3.05, 3.63) is 0 Å². The van der Waals surface area contributed by atoms with E-state index in [0.29, 0.717) is 0 Å². The summed E-state index contributed by atoms with van der Waals surface area (Å²) < 4.78 is 0. The lowest BCUT2D eigenvalue weighted by molar-refractivity contribution is 0.140. The van der Waals surface area contributed by atoms with Crippen LogP contribution in [0.3, 0.4) is 0 Å². The maximum Gasteiger partial charge on any atom is 0.191 e. The molecule has 5 nitrogen and oxygen atoms in total. The van der Waals surface area contributed by atoms with E-state index < -0.39 is 0 Å². The van der Waals surface area contributed by atoms with E-state index in [0.717, 1.165) is 32.1 Å². The summed E-state index contributed by atoms with van der Waals surface area (Å²) in [6, 6.07) is 0. The summed E-state index contributed by atoms with van der Waals surface area (Å²) in [4.78, 5) is 11.8. The van der Waals surface area contributed by atoms with Crippen molar-refractivity contribution in [2.45, 2.75) is 26.2 Å². The molecule has 0 aromatic carbocycles. The molecule has 110 valence electrons. The van der Waals surface area contributed by atoms with Crippen LogP contribution in [0.15, 0.2) is 4.99 Å². The largest absolute Gasteiger partial charge is 0.370 e. The number of nitrogens with two attached hydrogens (primary N) is 1. The molecule has 0 aromatic heterocycles. The van der Waals surface area contributed by atoms with E-state index >= 15 is 0 Å². The molecular weight excluding hydrogens is 238 g/mol. The van der Waals surface area contributed by atoms with E-state index in [1.54, 1.807) is 0 Å². The number of likely N-dealkylation sites (tertiary alicyclic amines) is 1. The van der Waals surface area contributed by atoms with Crippen molar-refractivity contribution in [3.63, 3.8) is 0 Å². The highest BCUT2D eigenvalue weighted by atomic mass is 15.3. The maximum absolute atomic E-state index is 6.06. The highest BCUT2D eigenvalue weighted by Gasteiger charge is 2.15. The average Bonchev–Trinajstić information content (AvgIpc) is 2.49. The van der Waals surface area contributed by atoms with Crippen molar-refractivity contribution < 1.29 is 0 Å². The van der Waals surface area contributed by atoms with Crippen LogP contribution in [0.2, 0.25) is 0 Å². The number of piperazine rings is 1. The number of rotatable bonds is 4. The van der Waals surface area contributed by atoms with Gasteiger partial charge in [0.2, 0.25) is 0 Å². The zero-order valence-electron chi connectivity index (χ0n) is 12.4. The smallest absolute Gasteiger partial charge is 0.191 e. The number of likely N-dealkylation sites (N-methyl/N-ethyl adjacent to an activating group) is 1. The van der Waals surface area contributed by atoms with Gasteiger partial charge in [0, 0.05) is 45.8 Å². The van der Waals surface area contributed by atoms with E-state index in [9.17, 15) is 0 Å². The third-order valence-corrected chi connectivity index (χ3v) is 4.28. The molecule has 0 radical (unpaired) electrons. The molecule has 0 unspecified atom stereocenters. The zero-order valence-corrected chi connectivity index (χ0v) is 12.4. The lowest BCUT2D eigenvalue weighted by Gasteiger charge is -2.33. The van der Waals surface area contributed by atoms with E-state index in [4.69, 9.17) is 5.73 Å². The molecule has 0 bridgehead atoms. The van der Waals surface area contributed by atoms with Crippen LogP contribution < -0.4 is 5.73 Å². The molecule has 0 saturated carbocycles. The first-order chi connectivity index (χ1) is 9.29. The minimum Gasteiger partial charge on any atom is -0.370 e. The van der Waals surface area contributed by atoms with Crippen molar-refractivity contribution in [2.75, 3.05) is 58.9 Å². The second-order valence-corrected chi connectivity index (χ2v) is 5.56. The number of aliphatic imine (C=N–C) groups is 1. The SMILES string of the molecule is CCN1CCN(CCN=C(N)N2CCCCC2)CC1. The summed E-state index contributed by atoms with van der Waals surface area (Å²) in [7, 11) is 0. The van der Waals surface area contributed by atoms with Crippen molar-refractivity contribution in [1.29, 1.82) is 0 Å². The maximum atomic E-state index is 6.06. The third-order valence-electron chi connectivity index (χ3n) is 4.28. The molecule has 2 heterocycles. The molecule has 0 aliphatic carbocycles. The first-order valence-corrected chi connectivity index (χ1v) is 7.79. The molecule has 2 rings (SSSR count). The van der Waals surface area contributed by atoms with Crippen LogP contribution in [0.5, 0.6) is 0 Å². The Balaban J connectivity index is 1.65. The summed E-state index contributed by atoms with van der Waals surface area (Å²) >= 11 is 0. The Kier molecular flexibility index (Phi) is 5.92. The Labute approximate surface area is 117 Å². The van der Waals surface area contributed by atoms with E-state index in [1.165, 1.54) is 52.0 Å². The number of piperidine rings is 1. The predicted octanol–water partition coefficient (Wildman–Crippen LogP) is 0.425. The summed E-state index contributed by atoms with van der Waals surface area (Å²) in [5, 5.41) is 0. The second-order valence-electron chi connectivity index (χ2n) is 5.56. The molecule has 0 spiro atoms. The molecule has 2 fully saturated rings. The minimum absolute atomic E-state index is 0.756. The Morgan fingerprint density at radius 1 is 0.947 bits per heavy atom. The Morgan fingerprint density at radius 2 is 1.58 bits per heavy atom. The molecule has 0 aromatic rings. The second kappa shape index (κ2) is 7.70. The van der Waals surface area contributed by atoms with Crippen LogP contribution in [0.1, 0.15) is 26.2 Å². The molecule has 2 aliphatic heterocycles. The van der Waals surface area contributed by atoms with Crippen molar-refractivity contribution in [1.82, 2.24) is 14.7 Å². The molecule has 5 heteroatoms. The van der Waals surface area contributed by atoms with Crippen LogP contribution in [0, 0.1) is 0 Å². The lowest BCUT2D eigenvalue weighted by Crippen LogP contribution is -2.47. The van der Waals surface area contributed by atoms with E-state index in [-0.39, 0.29) is 0 Å². The van der Waals surface area contributed by atoms with Gasteiger partial charge in [-0.2, -0.15) is 0 Å². The summed E-state index contributed by atoms with van der Waals surface area (Å²) in [5.41, 5.74) is 6.06. The average molecular weight is 267 g/mol. The van der Waals surface area contributed by atoms with Gasteiger partial charge in [-0.15, -0.1) is 0 Å². The van der Waals surface area contributed by atoms with E-state index in [2.05, 4.69) is 26.6 Å². The van der Waals surface area contributed by atoms with Crippen LogP contribution in [0.25, 0.3) is 0 Å².